The highest BCUT2D eigenvalue weighted by Crippen LogP contribution is 1.86. The molecule has 0 amide bonds. The fourth-order valence-corrected chi connectivity index (χ4v) is 0.275. The molecule has 0 rings (SSSR count). The van der Waals surface area contributed by atoms with Gasteiger partial charge in [-0.25, -0.2) is 0 Å². The molecule has 0 N–H and O–H groups in total. The Bertz CT molecular complexity index is 178. The Labute approximate surface area is 55.8 Å². The van der Waals surface area contributed by atoms with Gasteiger partial charge in [-0.3, -0.25) is 4.79 Å². The van der Waals surface area contributed by atoms with Crippen LogP contribution in [0.4, 0.5) is 0 Å². The summed E-state index contributed by atoms with van der Waals surface area (Å²) < 4.78 is 0. The Morgan fingerprint density at radius 1 is 1.67 bits per heavy atom. The Balaban J connectivity index is 3.92. The van der Waals surface area contributed by atoms with Gasteiger partial charge >= 0.3 is 0 Å². The fourth-order valence-electron chi connectivity index (χ4n) is 0.275. The number of hydrogen-bond donors (Lipinski definition) is 0. The van der Waals surface area contributed by atoms with Crippen molar-refractivity contribution in [2.24, 2.45) is 0 Å². The number of carbonyl (C=O) groups excluding carboxylic acids is 1. The molecular weight excluding hydrogens is 112 g/mol. The molecule has 0 bridgehead atoms. The lowest BCUT2D eigenvalue weighted by atomic mass is 10.2. The second-order valence-electron chi connectivity index (χ2n) is 1.76. The van der Waals surface area contributed by atoms with Gasteiger partial charge in [-0.2, -0.15) is 0 Å². The normalized spacial score (nSPS) is 7.33. The largest absolute Gasteiger partial charge is 0.280 e. The average molecular weight is 122 g/mol. The zero-order valence-corrected chi connectivity index (χ0v) is 5.82. The summed E-state index contributed by atoms with van der Waals surface area (Å²) in [7, 11) is 0. The summed E-state index contributed by atoms with van der Waals surface area (Å²) >= 11 is 0. The summed E-state index contributed by atoms with van der Waals surface area (Å²) in [5, 5.41) is 0. The molecule has 0 heterocycles. The molecule has 0 fully saturated rings. The summed E-state index contributed by atoms with van der Waals surface area (Å²) in [6.07, 6.45) is 0.721. The molecule has 0 aliphatic heterocycles. The minimum Gasteiger partial charge on any atom is -0.280 e. The van der Waals surface area contributed by atoms with Crippen molar-refractivity contribution in [1.82, 2.24) is 0 Å². The van der Waals surface area contributed by atoms with Gasteiger partial charge in [0.1, 0.15) is 0 Å². The van der Waals surface area contributed by atoms with E-state index < -0.39 is 0 Å². The molecule has 1 nitrogen and oxygen atoms in total. The van der Waals surface area contributed by atoms with E-state index in [1.807, 2.05) is 6.92 Å². The second kappa shape index (κ2) is 3.91. The van der Waals surface area contributed by atoms with Gasteiger partial charge in [-0.1, -0.05) is 19.4 Å². The lowest BCUT2D eigenvalue weighted by Gasteiger charge is -1.82. The van der Waals surface area contributed by atoms with Crippen molar-refractivity contribution in [1.29, 1.82) is 0 Å². The van der Waals surface area contributed by atoms with Gasteiger partial charge in [0, 0.05) is 6.42 Å². The quantitative estimate of drug-likeness (QED) is 0.293. The SMILES string of the molecule is C=C(C)C(=O)C#CCC. The van der Waals surface area contributed by atoms with E-state index in [4.69, 9.17) is 0 Å². The van der Waals surface area contributed by atoms with Gasteiger partial charge in [0.2, 0.25) is 5.78 Å². The van der Waals surface area contributed by atoms with Crippen molar-refractivity contribution in [3.63, 3.8) is 0 Å². The molecule has 0 aliphatic rings. The first-order valence-electron chi connectivity index (χ1n) is 2.87. The van der Waals surface area contributed by atoms with Gasteiger partial charge < -0.3 is 0 Å². The molecule has 48 valence electrons. The third kappa shape index (κ3) is 3.54. The first-order valence-corrected chi connectivity index (χ1v) is 2.87. The summed E-state index contributed by atoms with van der Waals surface area (Å²) in [6.45, 7) is 7.02. The van der Waals surface area contributed by atoms with Crippen LogP contribution >= 0.6 is 0 Å². The zero-order chi connectivity index (χ0) is 7.28. The highest BCUT2D eigenvalue weighted by Gasteiger charge is 1.92. The molecule has 0 saturated carbocycles. The Hall–Kier alpha value is -1.03. The topological polar surface area (TPSA) is 17.1 Å². The Kier molecular flexibility index (Phi) is 3.46. The number of hydrogen-bond acceptors (Lipinski definition) is 1. The summed E-state index contributed by atoms with van der Waals surface area (Å²) in [5.74, 6) is 4.96. The third-order valence-electron chi connectivity index (χ3n) is 0.766. The molecular formula is C8H10O. The minimum atomic E-state index is -0.156. The van der Waals surface area contributed by atoms with Crippen molar-refractivity contribution >= 4 is 5.78 Å². The lowest BCUT2D eigenvalue weighted by molar-refractivity contribution is -0.110. The second-order valence-corrected chi connectivity index (χ2v) is 1.76. The van der Waals surface area contributed by atoms with Crippen LogP contribution in [0.2, 0.25) is 0 Å². The summed E-state index contributed by atoms with van der Waals surface area (Å²) in [6, 6.07) is 0. The van der Waals surface area contributed by atoms with Gasteiger partial charge in [-0.15, -0.1) is 0 Å². The first-order chi connectivity index (χ1) is 4.18. The first kappa shape index (κ1) is 7.97. The smallest absolute Gasteiger partial charge is 0.230 e. The van der Waals surface area contributed by atoms with Crippen molar-refractivity contribution < 1.29 is 4.79 Å². The van der Waals surface area contributed by atoms with Crippen LogP contribution in [0.3, 0.4) is 0 Å². The third-order valence-corrected chi connectivity index (χ3v) is 0.766. The molecule has 0 unspecified atom stereocenters. The highest BCUT2D eigenvalue weighted by molar-refractivity contribution is 6.07. The van der Waals surface area contributed by atoms with Crippen LogP contribution < -0.4 is 0 Å². The molecule has 0 radical (unpaired) electrons. The van der Waals surface area contributed by atoms with E-state index in [0.29, 0.717) is 5.57 Å². The molecule has 1 heteroatoms. The van der Waals surface area contributed by atoms with Crippen molar-refractivity contribution in [2.75, 3.05) is 0 Å². The maximum absolute atomic E-state index is 10.6. The Morgan fingerprint density at radius 3 is 2.56 bits per heavy atom. The molecule has 0 saturated heterocycles. The standard InChI is InChI=1S/C8H10O/c1-4-5-6-8(9)7(2)3/h2,4H2,1,3H3. The Morgan fingerprint density at radius 2 is 2.22 bits per heavy atom. The van der Waals surface area contributed by atoms with E-state index in [1.54, 1.807) is 6.92 Å². The lowest BCUT2D eigenvalue weighted by Crippen LogP contribution is -1.91. The monoisotopic (exact) mass is 122 g/mol. The van der Waals surface area contributed by atoms with Gasteiger partial charge in [0.15, 0.2) is 0 Å². The number of Topliss-reactive ketones (excluding diaryl/α,β-unsaturated/α-hetero) is 1. The molecule has 0 aromatic carbocycles. The van der Waals surface area contributed by atoms with Gasteiger partial charge in [0.25, 0.3) is 0 Å². The zero-order valence-electron chi connectivity index (χ0n) is 5.82. The summed E-state index contributed by atoms with van der Waals surface area (Å²) in [4.78, 5) is 10.6. The summed E-state index contributed by atoms with van der Waals surface area (Å²) in [5.41, 5.74) is 0.510. The van der Waals surface area contributed by atoms with E-state index in [-0.39, 0.29) is 5.78 Å². The van der Waals surface area contributed by atoms with E-state index in [0.717, 1.165) is 6.42 Å². The fraction of sp³-hybridized carbons (Fsp3) is 0.375. The van der Waals surface area contributed by atoms with Crippen LogP contribution in [0.1, 0.15) is 20.3 Å². The van der Waals surface area contributed by atoms with Crippen LogP contribution in [0, 0.1) is 11.8 Å². The molecule has 9 heavy (non-hydrogen) atoms. The van der Waals surface area contributed by atoms with E-state index in [2.05, 4.69) is 18.4 Å². The van der Waals surface area contributed by atoms with E-state index in [1.165, 1.54) is 0 Å². The van der Waals surface area contributed by atoms with Gasteiger partial charge in [0.05, 0.1) is 0 Å². The van der Waals surface area contributed by atoms with Crippen molar-refractivity contribution in [3.05, 3.63) is 12.2 Å². The molecule has 0 aromatic rings. The maximum atomic E-state index is 10.6. The van der Waals surface area contributed by atoms with Crippen LogP contribution in [0.15, 0.2) is 12.2 Å². The number of ketones is 1. The number of rotatable bonds is 1. The average Bonchev–Trinajstić information content (AvgIpc) is 1.82. The van der Waals surface area contributed by atoms with Crippen LogP contribution in [0.25, 0.3) is 0 Å². The molecule has 0 atom stereocenters. The van der Waals surface area contributed by atoms with Crippen LogP contribution in [-0.4, -0.2) is 5.78 Å². The van der Waals surface area contributed by atoms with E-state index >= 15 is 0 Å². The molecule has 0 spiro atoms. The van der Waals surface area contributed by atoms with E-state index in [9.17, 15) is 4.79 Å². The number of carbonyl (C=O) groups is 1. The molecule has 0 aromatic heterocycles. The molecule has 0 aliphatic carbocycles. The predicted molar refractivity (Wildman–Crippen MR) is 37.9 cm³/mol. The van der Waals surface area contributed by atoms with Crippen LogP contribution in [-0.2, 0) is 4.79 Å². The van der Waals surface area contributed by atoms with Crippen molar-refractivity contribution in [2.45, 2.75) is 20.3 Å². The number of allylic oxidation sites excluding steroid dienone is 1. The van der Waals surface area contributed by atoms with Gasteiger partial charge in [-0.05, 0) is 18.4 Å². The predicted octanol–water partition coefficient (Wildman–Crippen LogP) is 1.54. The highest BCUT2D eigenvalue weighted by atomic mass is 16.1. The maximum Gasteiger partial charge on any atom is 0.230 e. The van der Waals surface area contributed by atoms with Crippen molar-refractivity contribution in [3.8, 4) is 11.8 Å². The minimum absolute atomic E-state index is 0.156. The van der Waals surface area contributed by atoms with Crippen LogP contribution in [0.5, 0.6) is 0 Å².